The standard InChI is InChI=1S/C24H30FN5/c1-19-7-5-10-24(20(19)2)29-15-13-28(14-16-29)11-3-4-12-30-18-23(26-27-30)21-8-6-9-22(25)17-21/h5-10,17-18H,3-4,11-16H2,1-2H3. The fourth-order valence-electron chi connectivity index (χ4n) is 4.09. The average molecular weight is 408 g/mol. The fraction of sp³-hybridized carbons (Fsp3) is 0.417. The summed E-state index contributed by atoms with van der Waals surface area (Å²) < 4.78 is 15.2. The van der Waals surface area contributed by atoms with Crippen molar-refractivity contribution in [3.63, 3.8) is 0 Å². The van der Waals surface area contributed by atoms with Crippen LogP contribution in [-0.2, 0) is 6.54 Å². The SMILES string of the molecule is Cc1cccc(N2CCN(CCCCn3cc(-c4cccc(F)c4)nn3)CC2)c1C. The summed E-state index contributed by atoms with van der Waals surface area (Å²) in [6.07, 6.45) is 4.10. The second kappa shape index (κ2) is 9.39. The average Bonchev–Trinajstić information content (AvgIpc) is 3.23. The molecule has 0 aliphatic carbocycles. The van der Waals surface area contributed by atoms with E-state index in [1.807, 2.05) is 16.9 Å². The van der Waals surface area contributed by atoms with Gasteiger partial charge in [0.25, 0.3) is 0 Å². The Morgan fingerprint density at radius 2 is 1.70 bits per heavy atom. The molecule has 5 nitrogen and oxygen atoms in total. The topological polar surface area (TPSA) is 37.2 Å². The molecular weight excluding hydrogens is 377 g/mol. The maximum Gasteiger partial charge on any atom is 0.123 e. The number of aryl methyl sites for hydroxylation is 2. The van der Waals surface area contributed by atoms with E-state index in [4.69, 9.17) is 0 Å². The molecule has 6 heteroatoms. The molecule has 3 aromatic rings. The van der Waals surface area contributed by atoms with Gasteiger partial charge in [-0.15, -0.1) is 5.10 Å². The maximum atomic E-state index is 13.4. The number of hydrogen-bond acceptors (Lipinski definition) is 4. The summed E-state index contributed by atoms with van der Waals surface area (Å²) >= 11 is 0. The Bertz CT molecular complexity index is 975. The highest BCUT2D eigenvalue weighted by molar-refractivity contribution is 5.57. The van der Waals surface area contributed by atoms with E-state index in [9.17, 15) is 4.39 Å². The van der Waals surface area contributed by atoms with Crippen LogP contribution in [0.4, 0.5) is 10.1 Å². The molecule has 0 bridgehead atoms. The summed E-state index contributed by atoms with van der Waals surface area (Å²) in [4.78, 5) is 5.07. The Labute approximate surface area is 178 Å². The molecular formula is C24H30FN5. The lowest BCUT2D eigenvalue weighted by Gasteiger charge is -2.37. The number of aromatic nitrogens is 3. The van der Waals surface area contributed by atoms with Crippen molar-refractivity contribution in [2.45, 2.75) is 33.2 Å². The monoisotopic (exact) mass is 407 g/mol. The normalized spacial score (nSPS) is 15.0. The lowest BCUT2D eigenvalue weighted by Crippen LogP contribution is -2.46. The van der Waals surface area contributed by atoms with Gasteiger partial charge in [0.1, 0.15) is 11.5 Å². The van der Waals surface area contributed by atoms with Crippen molar-refractivity contribution in [1.82, 2.24) is 19.9 Å². The van der Waals surface area contributed by atoms with Gasteiger partial charge < -0.3 is 4.90 Å². The number of unbranched alkanes of at least 4 members (excludes halogenated alkanes) is 1. The predicted molar refractivity (Wildman–Crippen MR) is 119 cm³/mol. The molecule has 0 radical (unpaired) electrons. The Morgan fingerprint density at radius 3 is 2.50 bits per heavy atom. The largest absolute Gasteiger partial charge is 0.369 e. The van der Waals surface area contributed by atoms with Gasteiger partial charge in [0.2, 0.25) is 0 Å². The molecule has 2 heterocycles. The summed E-state index contributed by atoms with van der Waals surface area (Å²) in [6, 6.07) is 13.1. The van der Waals surface area contributed by atoms with E-state index in [1.165, 1.54) is 28.9 Å². The van der Waals surface area contributed by atoms with Crippen LogP contribution in [0.5, 0.6) is 0 Å². The quantitative estimate of drug-likeness (QED) is 0.547. The molecule has 1 fully saturated rings. The summed E-state index contributed by atoms with van der Waals surface area (Å²) in [5.41, 5.74) is 5.63. The second-order valence-corrected chi connectivity index (χ2v) is 8.13. The molecule has 0 N–H and O–H groups in total. The van der Waals surface area contributed by atoms with Gasteiger partial charge in [0.15, 0.2) is 0 Å². The first kappa shape index (κ1) is 20.5. The number of piperazine rings is 1. The minimum absolute atomic E-state index is 0.250. The molecule has 0 unspecified atom stereocenters. The zero-order chi connectivity index (χ0) is 20.9. The zero-order valence-electron chi connectivity index (χ0n) is 17.9. The molecule has 2 aromatic carbocycles. The number of hydrogen-bond donors (Lipinski definition) is 0. The molecule has 158 valence electrons. The lowest BCUT2D eigenvalue weighted by atomic mass is 10.1. The third-order valence-corrected chi connectivity index (χ3v) is 6.06. The van der Waals surface area contributed by atoms with Crippen LogP contribution in [0.25, 0.3) is 11.3 Å². The van der Waals surface area contributed by atoms with Crippen LogP contribution in [0.15, 0.2) is 48.7 Å². The van der Waals surface area contributed by atoms with Crippen molar-refractivity contribution in [3.8, 4) is 11.3 Å². The van der Waals surface area contributed by atoms with E-state index in [-0.39, 0.29) is 5.82 Å². The van der Waals surface area contributed by atoms with E-state index in [0.29, 0.717) is 0 Å². The van der Waals surface area contributed by atoms with Crippen LogP contribution < -0.4 is 4.90 Å². The van der Waals surface area contributed by atoms with Crippen LogP contribution in [0, 0.1) is 19.7 Å². The molecule has 0 atom stereocenters. The first-order valence-electron chi connectivity index (χ1n) is 10.8. The van der Waals surface area contributed by atoms with Crippen LogP contribution in [-0.4, -0.2) is 52.6 Å². The van der Waals surface area contributed by atoms with Crippen molar-refractivity contribution >= 4 is 5.69 Å². The van der Waals surface area contributed by atoms with Crippen molar-refractivity contribution in [3.05, 3.63) is 65.6 Å². The molecule has 0 spiro atoms. The molecule has 0 amide bonds. The number of anilines is 1. The molecule has 1 aromatic heterocycles. The van der Waals surface area contributed by atoms with E-state index < -0.39 is 0 Å². The second-order valence-electron chi connectivity index (χ2n) is 8.13. The fourth-order valence-corrected chi connectivity index (χ4v) is 4.09. The van der Waals surface area contributed by atoms with Gasteiger partial charge in [0.05, 0.1) is 6.20 Å². The van der Waals surface area contributed by atoms with Gasteiger partial charge in [0, 0.05) is 44.0 Å². The Kier molecular flexibility index (Phi) is 6.43. The smallest absolute Gasteiger partial charge is 0.123 e. The highest BCUT2D eigenvalue weighted by atomic mass is 19.1. The van der Waals surface area contributed by atoms with Crippen LogP contribution in [0.1, 0.15) is 24.0 Å². The molecule has 30 heavy (non-hydrogen) atoms. The van der Waals surface area contributed by atoms with Gasteiger partial charge in [-0.25, -0.2) is 4.39 Å². The van der Waals surface area contributed by atoms with Crippen LogP contribution in [0.2, 0.25) is 0 Å². The molecule has 1 saturated heterocycles. The highest BCUT2D eigenvalue weighted by Gasteiger charge is 2.18. The van der Waals surface area contributed by atoms with Gasteiger partial charge in [-0.05, 0) is 62.6 Å². The number of nitrogens with zero attached hydrogens (tertiary/aromatic N) is 5. The lowest BCUT2D eigenvalue weighted by molar-refractivity contribution is 0.250. The number of halogens is 1. The highest BCUT2D eigenvalue weighted by Crippen LogP contribution is 2.24. The van der Waals surface area contributed by atoms with Crippen LogP contribution >= 0.6 is 0 Å². The molecule has 0 saturated carbocycles. The molecule has 1 aliphatic rings. The third kappa shape index (κ3) is 4.87. The van der Waals surface area contributed by atoms with Crippen molar-refractivity contribution in [2.24, 2.45) is 0 Å². The summed E-state index contributed by atoms with van der Waals surface area (Å²) in [5.74, 6) is -0.250. The van der Waals surface area contributed by atoms with E-state index in [0.717, 1.165) is 63.4 Å². The van der Waals surface area contributed by atoms with E-state index in [2.05, 4.69) is 52.2 Å². The van der Waals surface area contributed by atoms with Crippen molar-refractivity contribution in [2.75, 3.05) is 37.6 Å². The predicted octanol–water partition coefficient (Wildman–Crippen LogP) is 4.30. The summed E-state index contributed by atoms with van der Waals surface area (Å²) in [6.45, 7) is 10.8. The Morgan fingerprint density at radius 1 is 0.933 bits per heavy atom. The van der Waals surface area contributed by atoms with Gasteiger partial charge in [-0.2, -0.15) is 0 Å². The van der Waals surface area contributed by atoms with Crippen molar-refractivity contribution < 1.29 is 4.39 Å². The number of rotatable bonds is 7. The summed E-state index contributed by atoms with van der Waals surface area (Å²) in [7, 11) is 0. The van der Waals surface area contributed by atoms with Gasteiger partial charge >= 0.3 is 0 Å². The van der Waals surface area contributed by atoms with Crippen LogP contribution in [0.3, 0.4) is 0 Å². The van der Waals surface area contributed by atoms with E-state index in [1.54, 1.807) is 6.07 Å². The molecule has 1 aliphatic heterocycles. The van der Waals surface area contributed by atoms with Gasteiger partial charge in [-0.3, -0.25) is 9.58 Å². The molecule has 4 rings (SSSR count). The maximum absolute atomic E-state index is 13.4. The van der Waals surface area contributed by atoms with Crippen molar-refractivity contribution in [1.29, 1.82) is 0 Å². The minimum atomic E-state index is -0.250. The Hall–Kier alpha value is -2.73. The summed E-state index contributed by atoms with van der Waals surface area (Å²) in [5, 5.41) is 8.37. The first-order valence-corrected chi connectivity index (χ1v) is 10.8. The van der Waals surface area contributed by atoms with E-state index >= 15 is 0 Å². The first-order chi connectivity index (χ1) is 14.6. The minimum Gasteiger partial charge on any atom is -0.369 e. The van der Waals surface area contributed by atoms with Gasteiger partial charge in [-0.1, -0.05) is 29.5 Å². The third-order valence-electron chi connectivity index (χ3n) is 6.06. The Balaban J connectivity index is 1.20. The zero-order valence-corrected chi connectivity index (χ0v) is 17.9. The number of benzene rings is 2.